The normalized spacial score (nSPS) is 16.9. The van der Waals surface area contributed by atoms with Crippen LogP contribution >= 0.6 is 0 Å². The van der Waals surface area contributed by atoms with Crippen LogP contribution in [0.1, 0.15) is 31.5 Å². The van der Waals surface area contributed by atoms with Gasteiger partial charge in [-0.25, -0.2) is 4.98 Å². The van der Waals surface area contributed by atoms with Crippen LogP contribution in [0.4, 0.5) is 5.82 Å². The summed E-state index contributed by atoms with van der Waals surface area (Å²) in [7, 11) is 0. The summed E-state index contributed by atoms with van der Waals surface area (Å²) in [5.41, 5.74) is 5.61. The number of aryl methyl sites for hydroxylation is 1. The van der Waals surface area contributed by atoms with E-state index in [1.54, 1.807) is 6.07 Å². The molecule has 0 atom stereocenters. The summed E-state index contributed by atoms with van der Waals surface area (Å²) in [5.74, 6) is 2.44. The number of hydrogen-bond donors (Lipinski definition) is 1. The molecule has 0 radical (unpaired) electrons. The number of hydrogen-bond acceptors (Lipinski definition) is 4. The molecule has 4 heteroatoms. The van der Waals surface area contributed by atoms with Crippen LogP contribution in [0.15, 0.2) is 6.07 Å². The summed E-state index contributed by atoms with van der Waals surface area (Å²) in [5, 5.41) is 0. The Kier molecular flexibility index (Phi) is 3.04. The molecule has 1 fully saturated rings. The highest BCUT2D eigenvalue weighted by Crippen LogP contribution is 2.25. The van der Waals surface area contributed by atoms with Gasteiger partial charge in [0.15, 0.2) is 0 Å². The molecular formula is C11H17N3O. The van der Waals surface area contributed by atoms with Crippen molar-refractivity contribution < 1.29 is 4.74 Å². The van der Waals surface area contributed by atoms with Gasteiger partial charge < -0.3 is 10.5 Å². The zero-order chi connectivity index (χ0) is 10.7. The Hall–Kier alpha value is -1.32. The Morgan fingerprint density at radius 3 is 2.80 bits per heavy atom. The van der Waals surface area contributed by atoms with Crippen LogP contribution in [-0.4, -0.2) is 16.6 Å². The first-order valence-corrected chi connectivity index (χ1v) is 5.48. The van der Waals surface area contributed by atoms with Crippen LogP contribution in [0.3, 0.4) is 0 Å². The van der Waals surface area contributed by atoms with Gasteiger partial charge in [-0.3, -0.25) is 0 Å². The minimum Gasteiger partial charge on any atom is -0.477 e. The highest BCUT2D eigenvalue weighted by molar-refractivity contribution is 5.32. The predicted molar refractivity (Wildman–Crippen MR) is 58.6 cm³/mol. The minimum atomic E-state index is 0.476. The maximum absolute atomic E-state index is 5.62. The lowest BCUT2D eigenvalue weighted by Gasteiger charge is -2.10. The Morgan fingerprint density at radius 2 is 2.13 bits per heavy atom. The van der Waals surface area contributed by atoms with Gasteiger partial charge >= 0.3 is 0 Å². The molecule has 1 heterocycles. The molecule has 1 aromatic heterocycles. The van der Waals surface area contributed by atoms with E-state index >= 15 is 0 Å². The van der Waals surface area contributed by atoms with Crippen LogP contribution in [0.5, 0.6) is 5.88 Å². The van der Waals surface area contributed by atoms with Crippen molar-refractivity contribution in [2.75, 3.05) is 12.3 Å². The second-order valence-corrected chi connectivity index (χ2v) is 4.14. The van der Waals surface area contributed by atoms with E-state index in [0.717, 1.165) is 6.61 Å². The SMILES string of the molecule is Cc1nc(N)cc(OCC2CCCC2)n1. The fraction of sp³-hybridized carbons (Fsp3) is 0.636. The quantitative estimate of drug-likeness (QED) is 0.822. The van der Waals surface area contributed by atoms with E-state index in [4.69, 9.17) is 10.5 Å². The van der Waals surface area contributed by atoms with Gasteiger partial charge in [-0.05, 0) is 25.7 Å². The van der Waals surface area contributed by atoms with Gasteiger partial charge in [0.2, 0.25) is 5.88 Å². The Morgan fingerprint density at radius 1 is 1.40 bits per heavy atom. The smallest absolute Gasteiger partial charge is 0.218 e. The predicted octanol–water partition coefficient (Wildman–Crippen LogP) is 1.94. The number of rotatable bonds is 3. The standard InChI is InChI=1S/C11H17N3O/c1-8-13-10(12)6-11(14-8)15-7-9-4-2-3-5-9/h6,9H,2-5,7H2,1H3,(H2,12,13,14). The molecule has 0 bridgehead atoms. The van der Waals surface area contributed by atoms with Crippen molar-refractivity contribution in [2.24, 2.45) is 5.92 Å². The molecule has 0 amide bonds. The van der Waals surface area contributed by atoms with Gasteiger partial charge in [0.1, 0.15) is 11.6 Å². The van der Waals surface area contributed by atoms with Crippen LogP contribution in [0.25, 0.3) is 0 Å². The third-order valence-electron chi connectivity index (χ3n) is 2.78. The van der Waals surface area contributed by atoms with Gasteiger partial charge in [0.25, 0.3) is 0 Å². The Labute approximate surface area is 89.9 Å². The molecule has 1 aliphatic carbocycles. The summed E-state index contributed by atoms with van der Waals surface area (Å²) in [6.45, 7) is 2.58. The van der Waals surface area contributed by atoms with Crippen LogP contribution in [0, 0.1) is 12.8 Å². The fourth-order valence-corrected chi connectivity index (χ4v) is 2.02. The number of anilines is 1. The molecule has 4 nitrogen and oxygen atoms in total. The Bertz CT molecular complexity index is 314. The summed E-state index contributed by atoms with van der Waals surface area (Å²) < 4.78 is 5.62. The summed E-state index contributed by atoms with van der Waals surface area (Å²) >= 11 is 0. The van der Waals surface area contributed by atoms with Crippen molar-refractivity contribution in [2.45, 2.75) is 32.6 Å². The monoisotopic (exact) mass is 207 g/mol. The molecule has 82 valence electrons. The van der Waals surface area contributed by atoms with E-state index in [2.05, 4.69) is 9.97 Å². The molecule has 2 N–H and O–H groups in total. The minimum absolute atomic E-state index is 0.476. The number of ether oxygens (including phenoxy) is 1. The van der Waals surface area contributed by atoms with Gasteiger partial charge in [-0.1, -0.05) is 12.8 Å². The van der Waals surface area contributed by atoms with E-state index in [-0.39, 0.29) is 0 Å². The highest BCUT2D eigenvalue weighted by atomic mass is 16.5. The van der Waals surface area contributed by atoms with E-state index in [0.29, 0.717) is 23.4 Å². The van der Waals surface area contributed by atoms with E-state index < -0.39 is 0 Å². The molecule has 1 aliphatic rings. The molecule has 0 aromatic carbocycles. The van der Waals surface area contributed by atoms with Crippen molar-refractivity contribution in [1.82, 2.24) is 9.97 Å². The van der Waals surface area contributed by atoms with E-state index in [1.165, 1.54) is 25.7 Å². The zero-order valence-corrected chi connectivity index (χ0v) is 9.07. The Balaban J connectivity index is 1.92. The van der Waals surface area contributed by atoms with Crippen LogP contribution in [-0.2, 0) is 0 Å². The maximum Gasteiger partial charge on any atom is 0.218 e. The number of nitrogens with zero attached hydrogens (tertiary/aromatic N) is 2. The molecular weight excluding hydrogens is 190 g/mol. The third-order valence-corrected chi connectivity index (χ3v) is 2.78. The molecule has 0 saturated heterocycles. The first-order chi connectivity index (χ1) is 7.24. The zero-order valence-electron chi connectivity index (χ0n) is 9.07. The highest BCUT2D eigenvalue weighted by Gasteiger charge is 2.15. The second-order valence-electron chi connectivity index (χ2n) is 4.14. The van der Waals surface area contributed by atoms with Gasteiger partial charge in [-0.15, -0.1) is 0 Å². The first kappa shape index (κ1) is 10.2. The van der Waals surface area contributed by atoms with Crippen LogP contribution < -0.4 is 10.5 Å². The van der Waals surface area contributed by atoms with Gasteiger partial charge in [0.05, 0.1) is 6.61 Å². The molecule has 1 aromatic rings. The van der Waals surface area contributed by atoms with Crippen molar-refractivity contribution >= 4 is 5.82 Å². The largest absolute Gasteiger partial charge is 0.477 e. The van der Waals surface area contributed by atoms with Crippen molar-refractivity contribution in [1.29, 1.82) is 0 Å². The topological polar surface area (TPSA) is 61.0 Å². The van der Waals surface area contributed by atoms with Crippen molar-refractivity contribution in [3.05, 3.63) is 11.9 Å². The first-order valence-electron chi connectivity index (χ1n) is 5.48. The lowest BCUT2D eigenvalue weighted by atomic mass is 10.1. The lowest BCUT2D eigenvalue weighted by Crippen LogP contribution is -2.10. The number of aromatic nitrogens is 2. The summed E-state index contributed by atoms with van der Waals surface area (Å²) in [6.07, 6.45) is 5.22. The number of nitrogens with two attached hydrogens (primary N) is 1. The fourth-order valence-electron chi connectivity index (χ4n) is 2.02. The van der Waals surface area contributed by atoms with E-state index in [9.17, 15) is 0 Å². The third kappa shape index (κ3) is 2.81. The summed E-state index contributed by atoms with van der Waals surface area (Å²) in [4.78, 5) is 8.18. The summed E-state index contributed by atoms with van der Waals surface area (Å²) in [6, 6.07) is 1.68. The average molecular weight is 207 g/mol. The van der Waals surface area contributed by atoms with Crippen molar-refractivity contribution in [3.8, 4) is 5.88 Å². The molecule has 1 saturated carbocycles. The molecule has 2 rings (SSSR count). The molecule has 0 unspecified atom stereocenters. The molecule has 15 heavy (non-hydrogen) atoms. The van der Waals surface area contributed by atoms with Gasteiger partial charge in [0, 0.05) is 6.07 Å². The molecule has 0 aliphatic heterocycles. The average Bonchev–Trinajstić information content (AvgIpc) is 2.65. The maximum atomic E-state index is 5.62. The van der Waals surface area contributed by atoms with Crippen LogP contribution in [0.2, 0.25) is 0 Å². The van der Waals surface area contributed by atoms with Gasteiger partial charge in [-0.2, -0.15) is 4.98 Å². The molecule has 0 spiro atoms. The number of nitrogen functional groups attached to an aromatic ring is 1. The lowest BCUT2D eigenvalue weighted by molar-refractivity contribution is 0.243. The van der Waals surface area contributed by atoms with E-state index in [1.807, 2.05) is 6.92 Å². The second kappa shape index (κ2) is 4.47. The van der Waals surface area contributed by atoms with Crippen molar-refractivity contribution in [3.63, 3.8) is 0 Å².